The molecule has 1 aromatic heterocycles. The van der Waals surface area contributed by atoms with E-state index in [9.17, 15) is 0 Å². The Hall–Kier alpha value is -1.72. The van der Waals surface area contributed by atoms with E-state index in [0.717, 1.165) is 12.0 Å². The Morgan fingerprint density at radius 3 is 2.52 bits per heavy atom. The molecule has 2 aromatic rings. The van der Waals surface area contributed by atoms with Crippen LogP contribution in [0.4, 0.5) is 0 Å². The SMILES string of the molecule is COC(c1ccccc1)c1noc(C(CN)CC(C)C)n1. The third-order valence-corrected chi connectivity index (χ3v) is 3.42. The van der Waals surface area contributed by atoms with Gasteiger partial charge in [0.15, 0.2) is 0 Å². The average molecular weight is 289 g/mol. The average Bonchev–Trinajstić information content (AvgIpc) is 2.96. The molecule has 114 valence electrons. The largest absolute Gasteiger partial charge is 0.369 e. The van der Waals surface area contributed by atoms with Crippen LogP contribution in [0.15, 0.2) is 34.9 Å². The molecule has 0 fully saturated rings. The van der Waals surface area contributed by atoms with Gasteiger partial charge in [0.1, 0.15) is 6.10 Å². The molecule has 0 spiro atoms. The van der Waals surface area contributed by atoms with Crippen LogP contribution in [-0.4, -0.2) is 23.8 Å². The van der Waals surface area contributed by atoms with Crippen molar-refractivity contribution < 1.29 is 9.26 Å². The van der Waals surface area contributed by atoms with Gasteiger partial charge in [0, 0.05) is 13.7 Å². The second-order valence-corrected chi connectivity index (χ2v) is 5.58. The zero-order valence-electron chi connectivity index (χ0n) is 12.8. The van der Waals surface area contributed by atoms with Gasteiger partial charge < -0.3 is 15.0 Å². The highest BCUT2D eigenvalue weighted by atomic mass is 16.5. The normalized spacial score (nSPS) is 14.3. The molecule has 0 aliphatic rings. The van der Waals surface area contributed by atoms with Gasteiger partial charge in [-0.25, -0.2) is 0 Å². The summed E-state index contributed by atoms with van der Waals surface area (Å²) in [6.07, 6.45) is 0.613. The minimum Gasteiger partial charge on any atom is -0.369 e. The van der Waals surface area contributed by atoms with Gasteiger partial charge in [0.25, 0.3) is 0 Å². The molecule has 0 bridgehead atoms. The van der Waals surface area contributed by atoms with Crippen molar-refractivity contribution in [1.29, 1.82) is 0 Å². The fourth-order valence-corrected chi connectivity index (χ4v) is 2.40. The van der Waals surface area contributed by atoms with Crippen molar-refractivity contribution in [3.8, 4) is 0 Å². The second kappa shape index (κ2) is 7.33. The molecule has 5 heteroatoms. The number of hydrogen-bond acceptors (Lipinski definition) is 5. The minimum absolute atomic E-state index is 0.0968. The molecule has 1 heterocycles. The Morgan fingerprint density at radius 1 is 1.24 bits per heavy atom. The number of rotatable bonds is 7. The first kappa shape index (κ1) is 15.7. The maximum absolute atomic E-state index is 5.82. The van der Waals surface area contributed by atoms with Crippen LogP contribution in [0.5, 0.6) is 0 Å². The first-order chi connectivity index (χ1) is 10.2. The van der Waals surface area contributed by atoms with Crippen LogP contribution in [0.2, 0.25) is 0 Å². The highest BCUT2D eigenvalue weighted by Gasteiger charge is 2.23. The molecule has 2 unspecified atom stereocenters. The number of nitrogens with two attached hydrogens (primary N) is 1. The van der Waals surface area contributed by atoms with E-state index >= 15 is 0 Å². The number of benzene rings is 1. The van der Waals surface area contributed by atoms with Crippen molar-refractivity contribution >= 4 is 0 Å². The first-order valence-electron chi connectivity index (χ1n) is 7.27. The van der Waals surface area contributed by atoms with Gasteiger partial charge in [-0.15, -0.1) is 0 Å². The van der Waals surface area contributed by atoms with E-state index in [2.05, 4.69) is 24.0 Å². The lowest BCUT2D eigenvalue weighted by Gasteiger charge is -2.13. The van der Waals surface area contributed by atoms with E-state index in [1.807, 2.05) is 30.3 Å². The molecule has 0 saturated carbocycles. The molecule has 21 heavy (non-hydrogen) atoms. The van der Waals surface area contributed by atoms with Crippen LogP contribution in [0.3, 0.4) is 0 Å². The van der Waals surface area contributed by atoms with Gasteiger partial charge in [0.2, 0.25) is 11.7 Å². The third kappa shape index (κ3) is 3.89. The summed E-state index contributed by atoms with van der Waals surface area (Å²) in [5.74, 6) is 1.76. The van der Waals surface area contributed by atoms with Crippen molar-refractivity contribution in [1.82, 2.24) is 10.1 Å². The summed E-state index contributed by atoms with van der Waals surface area (Å²) in [7, 11) is 1.64. The molecular formula is C16H23N3O2. The van der Waals surface area contributed by atoms with Gasteiger partial charge in [0.05, 0.1) is 5.92 Å². The molecule has 0 saturated heterocycles. The Morgan fingerprint density at radius 2 is 1.95 bits per heavy atom. The molecule has 0 aliphatic carbocycles. The van der Waals surface area contributed by atoms with E-state index in [4.69, 9.17) is 15.0 Å². The lowest BCUT2D eigenvalue weighted by molar-refractivity contribution is 0.126. The van der Waals surface area contributed by atoms with Crippen LogP contribution in [0.25, 0.3) is 0 Å². The van der Waals surface area contributed by atoms with E-state index < -0.39 is 0 Å². The van der Waals surface area contributed by atoms with Crippen LogP contribution in [-0.2, 0) is 4.74 Å². The topological polar surface area (TPSA) is 74.2 Å². The lowest BCUT2D eigenvalue weighted by atomic mass is 9.97. The Kier molecular flexibility index (Phi) is 5.47. The molecule has 2 atom stereocenters. The van der Waals surface area contributed by atoms with Crippen LogP contribution in [0.1, 0.15) is 49.6 Å². The fraction of sp³-hybridized carbons (Fsp3) is 0.500. The molecule has 5 nitrogen and oxygen atoms in total. The fourth-order valence-electron chi connectivity index (χ4n) is 2.40. The molecular weight excluding hydrogens is 266 g/mol. The summed E-state index contributed by atoms with van der Waals surface area (Å²) in [4.78, 5) is 4.50. The highest BCUT2D eigenvalue weighted by molar-refractivity contribution is 5.22. The maximum atomic E-state index is 5.82. The molecule has 1 aromatic carbocycles. The van der Waals surface area contributed by atoms with Gasteiger partial charge in [-0.2, -0.15) is 4.98 Å². The highest BCUT2D eigenvalue weighted by Crippen LogP contribution is 2.26. The summed E-state index contributed by atoms with van der Waals surface area (Å²) in [5.41, 5.74) is 6.82. The Bertz CT molecular complexity index is 539. The number of aromatic nitrogens is 2. The molecule has 0 amide bonds. The van der Waals surface area contributed by atoms with Gasteiger partial charge in [-0.3, -0.25) is 0 Å². The van der Waals surface area contributed by atoms with Crippen molar-refractivity contribution in [2.24, 2.45) is 11.7 Å². The zero-order chi connectivity index (χ0) is 15.2. The molecule has 0 radical (unpaired) electrons. The van der Waals surface area contributed by atoms with E-state index in [0.29, 0.717) is 24.2 Å². The van der Waals surface area contributed by atoms with Crippen molar-refractivity contribution in [3.63, 3.8) is 0 Å². The number of methoxy groups -OCH3 is 1. The molecule has 2 N–H and O–H groups in total. The van der Waals surface area contributed by atoms with Crippen LogP contribution >= 0.6 is 0 Å². The van der Waals surface area contributed by atoms with Crippen molar-refractivity contribution in [2.75, 3.05) is 13.7 Å². The quantitative estimate of drug-likeness (QED) is 0.848. The Labute approximate surface area is 125 Å². The van der Waals surface area contributed by atoms with E-state index in [-0.39, 0.29) is 12.0 Å². The zero-order valence-corrected chi connectivity index (χ0v) is 12.8. The lowest BCUT2D eigenvalue weighted by Crippen LogP contribution is -2.15. The van der Waals surface area contributed by atoms with Crippen LogP contribution in [0, 0.1) is 5.92 Å². The summed E-state index contributed by atoms with van der Waals surface area (Å²) in [6, 6.07) is 9.86. The van der Waals surface area contributed by atoms with Crippen molar-refractivity contribution in [2.45, 2.75) is 32.3 Å². The van der Waals surface area contributed by atoms with E-state index in [1.165, 1.54) is 0 Å². The van der Waals surface area contributed by atoms with Gasteiger partial charge >= 0.3 is 0 Å². The molecule has 2 rings (SSSR count). The van der Waals surface area contributed by atoms with Crippen LogP contribution < -0.4 is 5.73 Å². The second-order valence-electron chi connectivity index (χ2n) is 5.58. The monoisotopic (exact) mass is 289 g/mol. The number of ether oxygens (including phenoxy) is 1. The van der Waals surface area contributed by atoms with Gasteiger partial charge in [-0.1, -0.05) is 49.3 Å². The summed E-state index contributed by atoms with van der Waals surface area (Å²) < 4.78 is 10.9. The van der Waals surface area contributed by atoms with Crippen molar-refractivity contribution in [3.05, 3.63) is 47.6 Å². The summed E-state index contributed by atoms with van der Waals surface area (Å²) >= 11 is 0. The minimum atomic E-state index is -0.318. The van der Waals surface area contributed by atoms with E-state index in [1.54, 1.807) is 7.11 Å². The standard InChI is InChI=1S/C16H23N3O2/c1-11(2)9-13(10-17)16-18-15(19-21-16)14(20-3)12-7-5-4-6-8-12/h4-8,11,13-14H,9-10,17H2,1-3H3. The van der Waals surface area contributed by atoms with Gasteiger partial charge in [-0.05, 0) is 17.9 Å². The number of nitrogens with zero attached hydrogens (tertiary/aromatic N) is 2. The first-order valence-corrected chi connectivity index (χ1v) is 7.27. The molecule has 0 aliphatic heterocycles. The maximum Gasteiger partial charge on any atom is 0.231 e. The summed E-state index contributed by atoms with van der Waals surface area (Å²) in [5, 5.41) is 4.07. The smallest absolute Gasteiger partial charge is 0.231 e. The summed E-state index contributed by atoms with van der Waals surface area (Å²) in [6.45, 7) is 4.81. The predicted molar refractivity (Wildman–Crippen MR) is 80.8 cm³/mol. The third-order valence-electron chi connectivity index (χ3n) is 3.42. The number of hydrogen-bond donors (Lipinski definition) is 1. The predicted octanol–water partition coefficient (Wildman–Crippen LogP) is 2.89. The Balaban J connectivity index is 2.21.